The number of anilines is 3. The van der Waals surface area contributed by atoms with Crippen molar-refractivity contribution < 1.29 is 14.5 Å². The Morgan fingerprint density at radius 2 is 1.92 bits per heavy atom. The number of nitro groups is 1. The van der Waals surface area contributed by atoms with Crippen molar-refractivity contribution in [3.05, 3.63) is 40.1 Å². The van der Waals surface area contributed by atoms with Gasteiger partial charge in [-0.15, -0.1) is 0 Å². The van der Waals surface area contributed by atoms with E-state index in [-0.39, 0.29) is 29.1 Å². The fourth-order valence-electron chi connectivity index (χ4n) is 1.88. The van der Waals surface area contributed by atoms with Crippen LogP contribution in [0.4, 0.5) is 23.1 Å². The summed E-state index contributed by atoms with van der Waals surface area (Å²) < 4.78 is 5.06. The number of carbonyl (C=O) groups excluding carboxylic acids is 1. The van der Waals surface area contributed by atoms with Gasteiger partial charge in [-0.05, 0) is 31.2 Å². The summed E-state index contributed by atoms with van der Waals surface area (Å²) in [6.45, 7) is 2.79. The van der Waals surface area contributed by atoms with Gasteiger partial charge in [0, 0.05) is 12.6 Å². The first-order valence-corrected chi connectivity index (χ1v) is 6.87. The highest BCUT2D eigenvalue weighted by atomic mass is 16.6. The molecule has 0 radical (unpaired) electrons. The molecule has 0 bridgehead atoms. The van der Waals surface area contributed by atoms with Gasteiger partial charge in [-0.2, -0.15) is 4.98 Å². The monoisotopic (exact) mass is 332 g/mol. The lowest BCUT2D eigenvalue weighted by atomic mass is 10.3. The van der Waals surface area contributed by atoms with E-state index in [9.17, 15) is 14.9 Å². The minimum atomic E-state index is -0.566. The number of hydrogen-bond acceptors (Lipinski definition) is 8. The minimum absolute atomic E-state index is 0.00511. The van der Waals surface area contributed by atoms with Crippen LogP contribution in [0.5, 0.6) is 5.75 Å². The molecule has 2 aromatic rings. The second kappa shape index (κ2) is 7.22. The lowest BCUT2D eigenvalue weighted by molar-refractivity contribution is -0.385. The summed E-state index contributed by atoms with van der Waals surface area (Å²) >= 11 is 0. The Morgan fingerprint density at radius 3 is 2.46 bits per heavy atom. The highest BCUT2D eigenvalue weighted by Gasteiger charge is 2.22. The normalized spacial score (nSPS) is 9.96. The highest BCUT2D eigenvalue weighted by molar-refractivity contribution is 5.74. The summed E-state index contributed by atoms with van der Waals surface area (Å²) in [5, 5.41) is 14.2. The van der Waals surface area contributed by atoms with E-state index in [1.54, 1.807) is 31.4 Å². The molecule has 1 amide bonds. The summed E-state index contributed by atoms with van der Waals surface area (Å²) in [6, 6.07) is 6.80. The third-order valence-corrected chi connectivity index (χ3v) is 2.94. The number of carbonyl (C=O) groups is 1. The summed E-state index contributed by atoms with van der Waals surface area (Å²) in [4.78, 5) is 29.7. The van der Waals surface area contributed by atoms with Crippen LogP contribution in [-0.4, -0.2) is 27.9 Å². The molecule has 3 N–H and O–H groups in total. The van der Waals surface area contributed by atoms with Gasteiger partial charge in [0.15, 0.2) is 0 Å². The second-order valence-corrected chi connectivity index (χ2v) is 4.75. The molecular weight excluding hydrogens is 316 g/mol. The van der Waals surface area contributed by atoms with Gasteiger partial charge in [0.1, 0.15) is 11.4 Å². The zero-order chi connectivity index (χ0) is 17.7. The number of amides is 1. The molecule has 1 aromatic heterocycles. The Morgan fingerprint density at radius 1 is 1.25 bits per heavy atom. The van der Waals surface area contributed by atoms with Crippen molar-refractivity contribution in [2.24, 2.45) is 0 Å². The van der Waals surface area contributed by atoms with Crippen LogP contribution in [0.3, 0.4) is 0 Å². The van der Waals surface area contributed by atoms with Crippen molar-refractivity contribution in [3.63, 3.8) is 0 Å². The molecule has 1 heterocycles. The summed E-state index contributed by atoms with van der Waals surface area (Å²) in [6.07, 6.45) is 0. The Balaban J connectivity index is 2.36. The Bertz CT molecular complexity index is 763. The van der Waals surface area contributed by atoms with E-state index in [2.05, 4.69) is 26.1 Å². The number of hydrazine groups is 1. The molecule has 2 rings (SSSR count). The molecule has 0 aliphatic carbocycles. The first-order chi connectivity index (χ1) is 11.4. The van der Waals surface area contributed by atoms with E-state index in [0.29, 0.717) is 11.4 Å². The first kappa shape index (κ1) is 16.9. The molecule has 0 spiro atoms. The molecule has 0 atom stereocenters. The van der Waals surface area contributed by atoms with Crippen LogP contribution >= 0.6 is 0 Å². The molecule has 126 valence electrons. The summed E-state index contributed by atoms with van der Waals surface area (Å²) in [5.41, 5.74) is 5.29. The molecule has 1 aromatic carbocycles. The predicted molar refractivity (Wildman–Crippen MR) is 87.1 cm³/mol. The Labute approximate surface area is 137 Å². The third kappa shape index (κ3) is 4.06. The zero-order valence-corrected chi connectivity index (χ0v) is 13.3. The number of nitrogens with one attached hydrogen (secondary N) is 3. The smallest absolute Gasteiger partial charge is 0.332 e. The van der Waals surface area contributed by atoms with Crippen LogP contribution < -0.4 is 20.9 Å². The maximum atomic E-state index is 11.3. The average Bonchev–Trinajstić information content (AvgIpc) is 2.53. The standard InChI is InChI=1S/C14H16N6O4/c1-8-12(20(22)23)13(17-14(15-8)19-18-9(2)21)16-10-4-6-11(24-3)7-5-10/h4-7H,1-3H3,(H,18,21)(H2,15,16,17,19). The molecule has 10 heteroatoms. The minimum Gasteiger partial charge on any atom is -0.497 e. The van der Waals surface area contributed by atoms with Crippen LogP contribution in [0, 0.1) is 17.0 Å². The SMILES string of the molecule is COc1ccc(Nc2nc(NNC(C)=O)nc(C)c2[N+](=O)[O-])cc1. The fraction of sp³-hybridized carbons (Fsp3) is 0.214. The summed E-state index contributed by atoms with van der Waals surface area (Å²) in [5.74, 6) is 0.344. The average molecular weight is 332 g/mol. The summed E-state index contributed by atoms with van der Waals surface area (Å²) in [7, 11) is 1.54. The predicted octanol–water partition coefficient (Wildman–Crippen LogP) is 1.91. The number of nitrogens with zero attached hydrogens (tertiary/aromatic N) is 3. The number of benzene rings is 1. The van der Waals surface area contributed by atoms with Crippen molar-refractivity contribution in [3.8, 4) is 5.75 Å². The van der Waals surface area contributed by atoms with Gasteiger partial charge in [0.2, 0.25) is 17.7 Å². The van der Waals surface area contributed by atoms with Gasteiger partial charge in [0.25, 0.3) is 0 Å². The van der Waals surface area contributed by atoms with Gasteiger partial charge in [-0.25, -0.2) is 4.98 Å². The first-order valence-electron chi connectivity index (χ1n) is 6.87. The number of methoxy groups -OCH3 is 1. The quantitative estimate of drug-likeness (QED) is 0.540. The molecule has 0 unspecified atom stereocenters. The third-order valence-electron chi connectivity index (χ3n) is 2.94. The highest BCUT2D eigenvalue weighted by Crippen LogP contribution is 2.29. The van der Waals surface area contributed by atoms with Crippen molar-refractivity contribution in [1.82, 2.24) is 15.4 Å². The van der Waals surface area contributed by atoms with E-state index in [0.717, 1.165) is 0 Å². The van der Waals surface area contributed by atoms with E-state index in [1.807, 2.05) is 0 Å². The zero-order valence-electron chi connectivity index (χ0n) is 13.3. The van der Waals surface area contributed by atoms with Crippen molar-refractivity contribution in [2.45, 2.75) is 13.8 Å². The number of aryl methyl sites for hydroxylation is 1. The number of aromatic nitrogens is 2. The molecule has 0 saturated heterocycles. The Hall–Kier alpha value is -3.43. The maximum absolute atomic E-state index is 11.3. The molecular formula is C14H16N6O4. The molecule has 24 heavy (non-hydrogen) atoms. The maximum Gasteiger partial charge on any atom is 0.332 e. The number of hydrogen-bond donors (Lipinski definition) is 3. The molecule has 0 saturated carbocycles. The van der Waals surface area contributed by atoms with Gasteiger partial charge >= 0.3 is 5.69 Å². The van der Waals surface area contributed by atoms with Crippen LogP contribution in [-0.2, 0) is 4.79 Å². The van der Waals surface area contributed by atoms with Crippen molar-refractivity contribution >= 4 is 29.0 Å². The van der Waals surface area contributed by atoms with Gasteiger partial charge in [-0.3, -0.25) is 25.8 Å². The van der Waals surface area contributed by atoms with E-state index in [4.69, 9.17) is 4.74 Å². The number of ether oxygens (including phenoxy) is 1. The van der Waals surface area contributed by atoms with Gasteiger partial charge in [-0.1, -0.05) is 0 Å². The second-order valence-electron chi connectivity index (χ2n) is 4.75. The number of rotatable bonds is 6. The fourth-order valence-corrected chi connectivity index (χ4v) is 1.88. The van der Waals surface area contributed by atoms with Crippen LogP contribution in [0.1, 0.15) is 12.6 Å². The van der Waals surface area contributed by atoms with Crippen molar-refractivity contribution in [1.29, 1.82) is 0 Å². The molecule has 0 fully saturated rings. The van der Waals surface area contributed by atoms with Gasteiger partial charge < -0.3 is 10.1 Å². The lowest BCUT2D eigenvalue weighted by Crippen LogP contribution is -2.28. The van der Waals surface area contributed by atoms with Crippen LogP contribution in [0.25, 0.3) is 0 Å². The molecule has 0 aliphatic rings. The lowest BCUT2D eigenvalue weighted by Gasteiger charge is -2.11. The largest absolute Gasteiger partial charge is 0.497 e. The van der Waals surface area contributed by atoms with Crippen LogP contribution in [0.2, 0.25) is 0 Å². The van der Waals surface area contributed by atoms with Crippen molar-refractivity contribution in [2.75, 3.05) is 17.9 Å². The van der Waals surface area contributed by atoms with Crippen LogP contribution in [0.15, 0.2) is 24.3 Å². The van der Waals surface area contributed by atoms with Gasteiger partial charge in [0.05, 0.1) is 12.0 Å². The van der Waals surface area contributed by atoms with E-state index in [1.165, 1.54) is 13.8 Å². The van der Waals surface area contributed by atoms with E-state index < -0.39 is 4.92 Å². The Kier molecular flexibility index (Phi) is 5.09. The molecule has 0 aliphatic heterocycles. The topological polar surface area (TPSA) is 131 Å². The molecule has 10 nitrogen and oxygen atoms in total. The van der Waals surface area contributed by atoms with E-state index >= 15 is 0 Å².